The van der Waals surface area contributed by atoms with Gasteiger partial charge >= 0.3 is 6.61 Å². The maximum absolute atomic E-state index is 11.7. The molecule has 0 atom stereocenters. The van der Waals surface area contributed by atoms with Crippen LogP contribution >= 0.6 is 0 Å². The molecule has 1 rings (SSSR count). The van der Waals surface area contributed by atoms with Crippen molar-refractivity contribution >= 4 is 0 Å². The van der Waals surface area contributed by atoms with E-state index >= 15 is 0 Å². The molecule has 3 nitrogen and oxygen atoms in total. The number of nitrogens with zero attached hydrogens (tertiary/aromatic N) is 2. The summed E-state index contributed by atoms with van der Waals surface area (Å²) in [6, 6.07) is 0. The van der Waals surface area contributed by atoms with Crippen LogP contribution in [0.25, 0.3) is 0 Å². The fraction of sp³-hybridized carbons (Fsp3) is 0.667. The Morgan fingerprint density at radius 1 is 1.57 bits per heavy atom. The van der Waals surface area contributed by atoms with E-state index in [4.69, 9.17) is 0 Å². The molecule has 14 heavy (non-hydrogen) atoms. The van der Waals surface area contributed by atoms with E-state index in [1.807, 2.05) is 13.8 Å². The number of aromatic nitrogens is 2. The standard InChI is InChI=1S/C9H14F2N2O/c1-3-8-6-12-13(7(8)2)4-5-14-9(10)11/h6,9H,3-5H2,1-2H3. The van der Waals surface area contributed by atoms with E-state index in [9.17, 15) is 8.78 Å². The summed E-state index contributed by atoms with van der Waals surface area (Å²) in [5, 5.41) is 4.08. The van der Waals surface area contributed by atoms with E-state index in [1.165, 1.54) is 0 Å². The molecule has 0 aromatic carbocycles. The van der Waals surface area contributed by atoms with Crippen molar-refractivity contribution in [2.75, 3.05) is 6.61 Å². The Hall–Kier alpha value is -0.970. The minimum Gasteiger partial charge on any atom is -0.321 e. The van der Waals surface area contributed by atoms with Crippen molar-refractivity contribution in [3.63, 3.8) is 0 Å². The molecular formula is C9H14F2N2O. The van der Waals surface area contributed by atoms with Crippen molar-refractivity contribution in [2.45, 2.75) is 33.4 Å². The van der Waals surface area contributed by atoms with Gasteiger partial charge in [-0.25, -0.2) is 0 Å². The van der Waals surface area contributed by atoms with E-state index < -0.39 is 6.61 Å². The Balaban J connectivity index is 2.46. The SMILES string of the molecule is CCc1cnn(CCOC(F)F)c1C. The van der Waals surface area contributed by atoms with E-state index in [-0.39, 0.29) is 6.61 Å². The predicted octanol–water partition coefficient (Wildman–Crippen LogP) is 1.99. The molecule has 0 aliphatic heterocycles. The van der Waals surface area contributed by atoms with E-state index in [1.54, 1.807) is 10.9 Å². The van der Waals surface area contributed by atoms with Crippen molar-refractivity contribution in [3.8, 4) is 0 Å². The summed E-state index contributed by atoms with van der Waals surface area (Å²) in [6.45, 7) is 1.62. The summed E-state index contributed by atoms with van der Waals surface area (Å²) in [4.78, 5) is 0. The number of aryl methyl sites for hydroxylation is 1. The minimum atomic E-state index is -2.70. The van der Waals surface area contributed by atoms with Crippen LogP contribution < -0.4 is 0 Å². The average molecular weight is 204 g/mol. The number of rotatable bonds is 5. The molecule has 0 saturated heterocycles. The molecule has 0 radical (unpaired) electrons. The maximum Gasteiger partial charge on any atom is 0.345 e. The van der Waals surface area contributed by atoms with Gasteiger partial charge in [0.1, 0.15) is 0 Å². The summed E-state index contributed by atoms with van der Waals surface area (Å²) >= 11 is 0. The van der Waals surface area contributed by atoms with Gasteiger partial charge < -0.3 is 4.74 Å². The highest BCUT2D eigenvalue weighted by molar-refractivity contribution is 5.15. The maximum atomic E-state index is 11.7. The third-order valence-corrected chi connectivity index (χ3v) is 2.13. The molecule has 0 amide bonds. The number of hydrogen-bond acceptors (Lipinski definition) is 2. The van der Waals surface area contributed by atoms with Crippen molar-refractivity contribution in [2.24, 2.45) is 0 Å². The minimum absolute atomic E-state index is 0.0106. The van der Waals surface area contributed by atoms with Gasteiger partial charge in [-0.3, -0.25) is 4.68 Å². The lowest BCUT2D eigenvalue weighted by atomic mass is 10.2. The Kier molecular flexibility index (Phi) is 4.00. The van der Waals surface area contributed by atoms with Crippen molar-refractivity contribution < 1.29 is 13.5 Å². The fourth-order valence-electron chi connectivity index (χ4n) is 1.29. The molecule has 1 aromatic heterocycles. The van der Waals surface area contributed by atoms with Crippen molar-refractivity contribution in [1.29, 1.82) is 0 Å². The van der Waals surface area contributed by atoms with Crippen LogP contribution in [0.3, 0.4) is 0 Å². The molecular weight excluding hydrogens is 190 g/mol. The summed E-state index contributed by atoms with van der Waals surface area (Å²) < 4.78 is 29.1. The van der Waals surface area contributed by atoms with Gasteiger partial charge in [0.15, 0.2) is 0 Å². The van der Waals surface area contributed by atoms with Gasteiger partial charge in [-0.2, -0.15) is 13.9 Å². The zero-order valence-electron chi connectivity index (χ0n) is 8.33. The molecule has 0 aliphatic rings. The smallest absolute Gasteiger partial charge is 0.321 e. The van der Waals surface area contributed by atoms with E-state index in [0.717, 1.165) is 17.7 Å². The highest BCUT2D eigenvalue weighted by Gasteiger charge is 2.05. The lowest BCUT2D eigenvalue weighted by Crippen LogP contribution is -2.11. The molecule has 5 heteroatoms. The Labute approximate surface area is 81.7 Å². The Morgan fingerprint density at radius 3 is 2.79 bits per heavy atom. The second-order valence-corrected chi connectivity index (χ2v) is 2.96. The van der Waals surface area contributed by atoms with Crippen LogP contribution in [0.4, 0.5) is 8.78 Å². The number of ether oxygens (including phenoxy) is 1. The fourth-order valence-corrected chi connectivity index (χ4v) is 1.29. The van der Waals surface area contributed by atoms with Gasteiger partial charge in [0.05, 0.1) is 19.3 Å². The lowest BCUT2D eigenvalue weighted by molar-refractivity contribution is -0.130. The second kappa shape index (κ2) is 5.05. The largest absolute Gasteiger partial charge is 0.345 e. The molecule has 0 unspecified atom stereocenters. The highest BCUT2D eigenvalue weighted by Crippen LogP contribution is 2.07. The number of halogens is 2. The first-order valence-corrected chi connectivity index (χ1v) is 4.56. The topological polar surface area (TPSA) is 27.1 Å². The van der Waals surface area contributed by atoms with Crippen molar-refractivity contribution in [1.82, 2.24) is 9.78 Å². The molecule has 0 fully saturated rings. The Morgan fingerprint density at radius 2 is 2.29 bits per heavy atom. The van der Waals surface area contributed by atoms with E-state index in [2.05, 4.69) is 9.84 Å². The van der Waals surface area contributed by atoms with Crippen LogP contribution in [-0.4, -0.2) is 23.0 Å². The molecule has 1 aromatic rings. The quantitative estimate of drug-likeness (QED) is 0.733. The monoisotopic (exact) mass is 204 g/mol. The zero-order valence-corrected chi connectivity index (χ0v) is 8.33. The third-order valence-electron chi connectivity index (χ3n) is 2.13. The zero-order chi connectivity index (χ0) is 10.6. The van der Waals surface area contributed by atoms with Crippen LogP contribution in [0.1, 0.15) is 18.2 Å². The predicted molar refractivity (Wildman–Crippen MR) is 48.3 cm³/mol. The van der Waals surface area contributed by atoms with Gasteiger partial charge in [0.2, 0.25) is 0 Å². The molecule has 0 spiro atoms. The number of hydrogen-bond donors (Lipinski definition) is 0. The summed E-state index contributed by atoms with van der Waals surface area (Å²) in [5.41, 5.74) is 2.16. The van der Waals surface area contributed by atoms with Gasteiger partial charge in [-0.1, -0.05) is 6.92 Å². The Bertz CT molecular complexity index is 286. The molecule has 0 N–H and O–H groups in total. The first-order valence-electron chi connectivity index (χ1n) is 4.56. The van der Waals surface area contributed by atoms with Gasteiger partial charge in [0, 0.05) is 5.69 Å². The van der Waals surface area contributed by atoms with Crippen LogP contribution in [0.2, 0.25) is 0 Å². The molecule has 80 valence electrons. The first-order chi connectivity index (χ1) is 6.65. The molecule has 0 aliphatic carbocycles. The lowest BCUT2D eigenvalue weighted by Gasteiger charge is -2.05. The number of alkyl halides is 2. The highest BCUT2D eigenvalue weighted by atomic mass is 19.3. The summed E-state index contributed by atoms with van der Waals surface area (Å²) in [6.07, 6.45) is 2.67. The normalized spacial score (nSPS) is 11.2. The average Bonchev–Trinajstić information content (AvgIpc) is 2.47. The van der Waals surface area contributed by atoms with Crippen LogP contribution in [0.15, 0.2) is 6.20 Å². The third kappa shape index (κ3) is 2.77. The molecule has 1 heterocycles. The van der Waals surface area contributed by atoms with E-state index in [0.29, 0.717) is 6.54 Å². The summed E-state index contributed by atoms with van der Waals surface area (Å²) in [7, 11) is 0. The molecule has 0 saturated carbocycles. The van der Waals surface area contributed by atoms with Crippen molar-refractivity contribution in [3.05, 3.63) is 17.5 Å². The van der Waals surface area contributed by atoms with Gasteiger partial charge in [-0.05, 0) is 18.9 Å². The second-order valence-electron chi connectivity index (χ2n) is 2.96. The first kappa shape index (κ1) is 11.1. The van der Waals surface area contributed by atoms with Gasteiger partial charge in [0.25, 0.3) is 0 Å². The summed E-state index contributed by atoms with van der Waals surface area (Å²) in [5.74, 6) is 0. The van der Waals surface area contributed by atoms with Gasteiger partial charge in [-0.15, -0.1) is 0 Å². The van der Waals surface area contributed by atoms with Crippen LogP contribution in [0.5, 0.6) is 0 Å². The van der Waals surface area contributed by atoms with Crippen LogP contribution in [0, 0.1) is 6.92 Å². The van der Waals surface area contributed by atoms with Crippen LogP contribution in [-0.2, 0) is 17.7 Å². The molecule has 0 bridgehead atoms.